The number of carbonyl (C=O) groups is 1. The van der Waals surface area contributed by atoms with Gasteiger partial charge in [0.05, 0.1) is 21.5 Å². The van der Waals surface area contributed by atoms with Gasteiger partial charge in [0.15, 0.2) is 0 Å². The molecule has 1 heterocycles. The molecule has 2 amide bonds. The smallest absolute Gasteiger partial charge is 0.321 e. The van der Waals surface area contributed by atoms with Crippen molar-refractivity contribution >= 4 is 39.3 Å². The molecule has 1 saturated heterocycles. The van der Waals surface area contributed by atoms with Gasteiger partial charge in [-0.15, -0.1) is 0 Å². The number of carbonyl (C=O) groups excluding carboxylic acids is 1. The van der Waals surface area contributed by atoms with Crippen molar-refractivity contribution in [1.29, 1.82) is 0 Å². The van der Waals surface area contributed by atoms with Gasteiger partial charge in [0, 0.05) is 26.2 Å². The fourth-order valence-electron chi connectivity index (χ4n) is 3.05. The summed E-state index contributed by atoms with van der Waals surface area (Å²) >= 11 is 12.1. The Morgan fingerprint density at radius 1 is 1.00 bits per heavy atom. The number of hydrogen-bond acceptors (Lipinski definition) is 4. The van der Waals surface area contributed by atoms with Gasteiger partial charge in [0.2, 0.25) is 0 Å². The van der Waals surface area contributed by atoms with Gasteiger partial charge in [0.1, 0.15) is 0 Å². The monoisotopic (exact) mass is 455 g/mol. The lowest BCUT2D eigenvalue weighted by Crippen LogP contribution is -2.52. The van der Waals surface area contributed by atoms with Gasteiger partial charge in [-0.05, 0) is 43.8 Å². The molecule has 0 N–H and O–H groups in total. The number of benzene rings is 2. The van der Waals surface area contributed by atoms with Crippen LogP contribution in [0.5, 0.6) is 0 Å². The number of nitrogens with zero attached hydrogens (tertiary/aromatic N) is 3. The van der Waals surface area contributed by atoms with Crippen molar-refractivity contribution in [2.24, 2.45) is 0 Å². The van der Waals surface area contributed by atoms with E-state index in [1.165, 1.54) is 12.1 Å². The Morgan fingerprint density at radius 2 is 1.62 bits per heavy atom. The van der Waals surface area contributed by atoms with E-state index < -0.39 is 16.1 Å². The summed E-state index contributed by atoms with van der Waals surface area (Å²) in [5, 5.41) is 0.678. The molecule has 1 aliphatic rings. The molecule has 9 heteroatoms. The summed E-state index contributed by atoms with van der Waals surface area (Å²) in [6, 6.07) is 10.8. The summed E-state index contributed by atoms with van der Waals surface area (Å²) in [6.45, 7) is 4.07. The average Bonchev–Trinajstić information content (AvgIpc) is 2.69. The van der Waals surface area contributed by atoms with Gasteiger partial charge < -0.3 is 9.80 Å². The molecule has 0 bridgehead atoms. The molecule has 6 nitrogen and oxygen atoms in total. The molecule has 3 rings (SSSR count). The van der Waals surface area contributed by atoms with E-state index in [0.717, 1.165) is 9.87 Å². The molecule has 2 aromatic rings. The molecular formula is C20H23Cl2N3O3S. The van der Waals surface area contributed by atoms with Crippen LogP contribution in [0.15, 0.2) is 47.4 Å². The minimum atomic E-state index is -4.05. The van der Waals surface area contributed by atoms with E-state index in [2.05, 4.69) is 4.90 Å². The second-order valence-corrected chi connectivity index (χ2v) is 9.82. The highest BCUT2D eigenvalue weighted by atomic mass is 35.5. The Morgan fingerprint density at radius 3 is 2.21 bits per heavy atom. The minimum absolute atomic E-state index is 0.0747. The first-order chi connectivity index (χ1) is 13.7. The van der Waals surface area contributed by atoms with Crippen molar-refractivity contribution in [2.45, 2.75) is 18.4 Å². The number of piperazine rings is 1. The normalized spacial score (nSPS) is 15.4. The number of sulfonamides is 1. The van der Waals surface area contributed by atoms with Crippen molar-refractivity contribution in [3.8, 4) is 0 Å². The Bertz CT molecular complexity index is 989. The Kier molecular flexibility index (Phi) is 6.73. The third-order valence-corrected chi connectivity index (χ3v) is 7.38. The van der Waals surface area contributed by atoms with Crippen LogP contribution < -0.4 is 0 Å². The number of rotatable bonds is 4. The highest BCUT2D eigenvalue weighted by Gasteiger charge is 2.34. The quantitative estimate of drug-likeness (QED) is 0.701. The Balaban J connectivity index is 1.97. The topological polar surface area (TPSA) is 60.9 Å². The highest BCUT2D eigenvalue weighted by Crippen LogP contribution is 2.26. The maximum atomic E-state index is 13.4. The number of urea groups is 1. The number of aryl methyl sites for hydroxylation is 1. The molecule has 0 aliphatic carbocycles. The molecule has 0 spiro atoms. The number of halogens is 2. The number of likely N-dealkylation sites (N-methyl/N-ethyl adjacent to an activating group) is 1. The zero-order chi connectivity index (χ0) is 21.2. The standard InChI is InChI=1S/C20H23Cl2N3O3S/c1-15-3-6-17(7-4-15)29(27,28)25(14-16-5-8-18(21)19(22)13-16)20(26)24-11-9-23(2)10-12-24/h3-8,13H,9-12,14H2,1-2H3. The van der Waals surface area contributed by atoms with Crippen molar-refractivity contribution in [2.75, 3.05) is 33.2 Å². The number of amides is 2. The second kappa shape index (κ2) is 8.92. The van der Waals surface area contributed by atoms with E-state index in [1.54, 1.807) is 35.2 Å². The van der Waals surface area contributed by atoms with Crippen LogP contribution in [0.2, 0.25) is 10.0 Å². The van der Waals surface area contributed by atoms with E-state index in [4.69, 9.17) is 23.2 Å². The second-order valence-electron chi connectivity index (χ2n) is 7.15. The third kappa shape index (κ3) is 5.04. The fourth-order valence-corrected chi connectivity index (χ4v) is 4.75. The minimum Gasteiger partial charge on any atom is -0.321 e. The average molecular weight is 456 g/mol. The van der Waals surface area contributed by atoms with E-state index in [-0.39, 0.29) is 11.4 Å². The first-order valence-electron chi connectivity index (χ1n) is 9.19. The van der Waals surface area contributed by atoms with Crippen LogP contribution in [-0.4, -0.2) is 61.8 Å². The van der Waals surface area contributed by atoms with Crippen LogP contribution in [0.1, 0.15) is 11.1 Å². The molecule has 0 atom stereocenters. The molecule has 156 valence electrons. The molecule has 1 fully saturated rings. The van der Waals surface area contributed by atoms with Gasteiger partial charge in [-0.25, -0.2) is 17.5 Å². The lowest BCUT2D eigenvalue weighted by Gasteiger charge is -2.35. The summed E-state index contributed by atoms with van der Waals surface area (Å²) in [6.07, 6.45) is 0. The first kappa shape index (κ1) is 21.9. The fraction of sp³-hybridized carbons (Fsp3) is 0.350. The zero-order valence-electron chi connectivity index (χ0n) is 16.3. The summed E-state index contributed by atoms with van der Waals surface area (Å²) in [5.41, 5.74) is 1.52. The molecule has 1 aliphatic heterocycles. The van der Waals surface area contributed by atoms with Gasteiger partial charge in [-0.2, -0.15) is 0 Å². The lowest BCUT2D eigenvalue weighted by atomic mass is 10.2. The van der Waals surface area contributed by atoms with Crippen LogP contribution in [0.25, 0.3) is 0 Å². The maximum Gasteiger partial charge on any atom is 0.334 e. The lowest BCUT2D eigenvalue weighted by molar-refractivity contribution is 0.139. The van der Waals surface area contributed by atoms with Gasteiger partial charge in [0.25, 0.3) is 10.0 Å². The maximum absolute atomic E-state index is 13.4. The van der Waals surface area contributed by atoms with Crippen molar-refractivity contribution in [3.63, 3.8) is 0 Å². The molecule has 29 heavy (non-hydrogen) atoms. The summed E-state index contributed by atoms with van der Waals surface area (Å²) < 4.78 is 27.6. The predicted molar refractivity (Wildman–Crippen MR) is 115 cm³/mol. The third-order valence-electron chi connectivity index (χ3n) is 4.91. The molecular weight excluding hydrogens is 433 g/mol. The molecule has 0 aromatic heterocycles. The van der Waals surface area contributed by atoms with Crippen LogP contribution in [0.4, 0.5) is 4.79 Å². The van der Waals surface area contributed by atoms with Gasteiger partial charge in [-0.1, -0.05) is 47.0 Å². The summed E-state index contributed by atoms with van der Waals surface area (Å²) in [5.74, 6) is 0. The van der Waals surface area contributed by atoms with Crippen LogP contribution in [0, 0.1) is 6.92 Å². The summed E-state index contributed by atoms with van der Waals surface area (Å²) in [4.78, 5) is 17.0. The SMILES string of the molecule is Cc1ccc(S(=O)(=O)N(Cc2ccc(Cl)c(Cl)c2)C(=O)N2CCN(C)CC2)cc1. The molecule has 0 radical (unpaired) electrons. The Hall–Kier alpha value is -1.80. The highest BCUT2D eigenvalue weighted by molar-refractivity contribution is 7.89. The summed E-state index contributed by atoms with van der Waals surface area (Å²) in [7, 11) is -2.08. The van der Waals surface area contributed by atoms with Gasteiger partial charge >= 0.3 is 6.03 Å². The van der Waals surface area contributed by atoms with E-state index in [0.29, 0.717) is 41.8 Å². The van der Waals surface area contributed by atoms with Crippen LogP contribution in [0.3, 0.4) is 0 Å². The molecule has 0 unspecified atom stereocenters. The van der Waals surface area contributed by atoms with Crippen LogP contribution in [-0.2, 0) is 16.6 Å². The zero-order valence-corrected chi connectivity index (χ0v) is 18.6. The van der Waals surface area contributed by atoms with Crippen LogP contribution >= 0.6 is 23.2 Å². The Labute approximate surface area is 181 Å². The molecule has 2 aromatic carbocycles. The van der Waals surface area contributed by atoms with Crippen molar-refractivity contribution < 1.29 is 13.2 Å². The largest absolute Gasteiger partial charge is 0.334 e. The number of hydrogen-bond donors (Lipinski definition) is 0. The predicted octanol–water partition coefficient (Wildman–Crippen LogP) is 3.86. The van der Waals surface area contributed by atoms with Gasteiger partial charge in [-0.3, -0.25) is 0 Å². The van der Waals surface area contributed by atoms with Crippen molar-refractivity contribution in [3.05, 3.63) is 63.6 Å². The van der Waals surface area contributed by atoms with Crippen molar-refractivity contribution in [1.82, 2.24) is 14.1 Å². The molecule has 0 saturated carbocycles. The van der Waals surface area contributed by atoms with E-state index >= 15 is 0 Å². The van der Waals surface area contributed by atoms with E-state index in [9.17, 15) is 13.2 Å². The van der Waals surface area contributed by atoms with E-state index in [1.807, 2.05) is 14.0 Å². The first-order valence-corrected chi connectivity index (χ1v) is 11.4.